The van der Waals surface area contributed by atoms with Gasteiger partial charge >= 0.3 is 0 Å². The molecule has 0 spiro atoms. The summed E-state index contributed by atoms with van der Waals surface area (Å²) in [6, 6.07) is 5.73. The Kier molecular flexibility index (Phi) is 8.37. The maximum atomic E-state index is 6.07. The lowest BCUT2D eigenvalue weighted by atomic mass is 10.0. The molecule has 0 saturated heterocycles. The summed E-state index contributed by atoms with van der Waals surface area (Å²) in [4.78, 5) is 0.756. The van der Waals surface area contributed by atoms with Crippen molar-refractivity contribution >= 4 is 52.8 Å². The van der Waals surface area contributed by atoms with Gasteiger partial charge in [-0.2, -0.15) is 0 Å². The number of thiocarbonyl (C=S) groups is 1. The summed E-state index contributed by atoms with van der Waals surface area (Å²) in [7, 11) is 0. The Morgan fingerprint density at radius 2 is 1.85 bits per heavy atom. The van der Waals surface area contributed by atoms with E-state index < -0.39 is 0 Å². The predicted molar refractivity (Wildman–Crippen MR) is 95.6 cm³/mol. The molecule has 0 aliphatic carbocycles. The average molecular weight is 356 g/mol. The summed E-state index contributed by atoms with van der Waals surface area (Å²) in [5, 5.41) is 7.87. The molecule has 0 amide bonds. The summed E-state index contributed by atoms with van der Waals surface area (Å²) in [6.07, 6.45) is 0. The van der Waals surface area contributed by atoms with Crippen LogP contribution in [0.3, 0.4) is 0 Å². The second-order valence-corrected chi connectivity index (χ2v) is 6.98. The number of halogens is 3. The zero-order valence-electron chi connectivity index (χ0n) is 12.1. The molecular weight excluding hydrogens is 335 g/mol. The SMILES string of the molecule is CC(=S)NC(CNC(C)(C)C)c1ccc(Cl)c(Cl)c1.Cl. The van der Waals surface area contributed by atoms with E-state index in [-0.39, 0.29) is 24.0 Å². The van der Waals surface area contributed by atoms with Crippen molar-refractivity contribution in [2.24, 2.45) is 0 Å². The number of rotatable bonds is 4. The van der Waals surface area contributed by atoms with Gasteiger partial charge in [-0.1, -0.05) is 41.5 Å². The van der Waals surface area contributed by atoms with E-state index in [2.05, 4.69) is 31.4 Å². The molecule has 1 aromatic carbocycles. The molecule has 114 valence electrons. The highest BCUT2D eigenvalue weighted by Crippen LogP contribution is 2.25. The molecule has 0 radical (unpaired) electrons. The van der Waals surface area contributed by atoms with Crippen LogP contribution in [-0.4, -0.2) is 17.1 Å². The molecule has 0 saturated carbocycles. The van der Waals surface area contributed by atoms with Crippen LogP contribution in [0.25, 0.3) is 0 Å². The third-order valence-corrected chi connectivity index (χ3v) is 3.42. The van der Waals surface area contributed by atoms with Crippen LogP contribution in [0.5, 0.6) is 0 Å². The van der Waals surface area contributed by atoms with E-state index in [0.717, 1.165) is 17.1 Å². The Morgan fingerprint density at radius 1 is 1.25 bits per heavy atom. The van der Waals surface area contributed by atoms with E-state index in [4.69, 9.17) is 35.4 Å². The van der Waals surface area contributed by atoms with Gasteiger partial charge in [0.1, 0.15) is 0 Å². The van der Waals surface area contributed by atoms with Crippen molar-refractivity contribution in [3.8, 4) is 0 Å². The second-order valence-electron chi connectivity index (χ2n) is 5.56. The van der Waals surface area contributed by atoms with Gasteiger partial charge in [0, 0.05) is 12.1 Å². The van der Waals surface area contributed by atoms with Crippen LogP contribution in [0.2, 0.25) is 10.0 Å². The lowest BCUT2D eigenvalue weighted by Gasteiger charge is -2.26. The van der Waals surface area contributed by atoms with Gasteiger partial charge in [0.15, 0.2) is 0 Å². The topological polar surface area (TPSA) is 24.1 Å². The highest BCUT2D eigenvalue weighted by Gasteiger charge is 2.16. The highest BCUT2D eigenvalue weighted by molar-refractivity contribution is 7.80. The summed E-state index contributed by atoms with van der Waals surface area (Å²) in [5.41, 5.74) is 1.11. The van der Waals surface area contributed by atoms with E-state index in [9.17, 15) is 0 Å². The molecule has 0 aliphatic rings. The van der Waals surface area contributed by atoms with Gasteiger partial charge in [0.05, 0.1) is 21.1 Å². The molecule has 20 heavy (non-hydrogen) atoms. The Bertz CT molecular complexity index is 458. The molecule has 1 unspecified atom stereocenters. The molecule has 1 aromatic rings. The normalized spacial score (nSPS) is 12.5. The van der Waals surface area contributed by atoms with Gasteiger partial charge in [0.25, 0.3) is 0 Å². The first-order valence-electron chi connectivity index (χ1n) is 6.16. The van der Waals surface area contributed by atoms with Gasteiger partial charge in [-0.3, -0.25) is 0 Å². The summed E-state index contributed by atoms with van der Waals surface area (Å²) in [6.45, 7) is 9.02. The molecule has 1 rings (SSSR count). The molecule has 1 atom stereocenters. The van der Waals surface area contributed by atoms with E-state index >= 15 is 0 Å². The maximum absolute atomic E-state index is 6.07. The van der Waals surface area contributed by atoms with Crippen LogP contribution >= 0.6 is 47.8 Å². The predicted octanol–water partition coefficient (Wildman–Crippen LogP) is 4.78. The molecule has 0 aromatic heterocycles. The standard InChI is InChI=1S/C14H20Cl2N2S.ClH/c1-9(19)18-13(8-17-14(2,3)4)10-5-6-11(15)12(16)7-10;/h5-7,13,17H,8H2,1-4H3,(H,18,19);1H. The number of hydrogen-bond donors (Lipinski definition) is 2. The second kappa shape index (κ2) is 8.40. The van der Waals surface area contributed by atoms with Gasteiger partial charge in [0.2, 0.25) is 0 Å². The fraction of sp³-hybridized carbons (Fsp3) is 0.500. The molecule has 6 heteroatoms. The van der Waals surface area contributed by atoms with Crippen LogP contribution in [0.4, 0.5) is 0 Å². The van der Waals surface area contributed by atoms with Crippen LogP contribution in [0, 0.1) is 0 Å². The lowest BCUT2D eigenvalue weighted by molar-refractivity contribution is 0.399. The zero-order chi connectivity index (χ0) is 14.6. The van der Waals surface area contributed by atoms with Crippen molar-refractivity contribution in [2.45, 2.75) is 39.3 Å². The Morgan fingerprint density at radius 3 is 2.30 bits per heavy atom. The van der Waals surface area contributed by atoms with E-state index in [1.165, 1.54) is 0 Å². The van der Waals surface area contributed by atoms with Crippen molar-refractivity contribution in [1.29, 1.82) is 0 Å². The van der Waals surface area contributed by atoms with E-state index in [1.807, 2.05) is 25.1 Å². The fourth-order valence-electron chi connectivity index (χ4n) is 1.63. The molecular formula is C14H21Cl3N2S. The van der Waals surface area contributed by atoms with Crippen molar-refractivity contribution in [2.75, 3.05) is 6.54 Å². The van der Waals surface area contributed by atoms with Crippen molar-refractivity contribution in [3.05, 3.63) is 33.8 Å². The summed E-state index contributed by atoms with van der Waals surface area (Å²) >= 11 is 17.2. The van der Waals surface area contributed by atoms with Crippen LogP contribution in [0.15, 0.2) is 18.2 Å². The molecule has 0 fully saturated rings. The minimum absolute atomic E-state index is 0. The van der Waals surface area contributed by atoms with Crippen molar-refractivity contribution in [3.63, 3.8) is 0 Å². The van der Waals surface area contributed by atoms with Gasteiger partial charge in [-0.05, 0) is 45.4 Å². The Balaban J connectivity index is 0.00000361. The smallest absolute Gasteiger partial charge is 0.0727 e. The summed E-state index contributed by atoms with van der Waals surface area (Å²) < 4.78 is 0. The highest BCUT2D eigenvalue weighted by atomic mass is 35.5. The fourth-order valence-corrected chi connectivity index (χ4v) is 2.08. The van der Waals surface area contributed by atoms with Crippen LogP contribution in [-0.2, 0) is 0 Å². The first-order valence-corrected chi connectivity index (χ1v) is 7.32. The third kappa shape index (κ3) is 7.09. The zero-order valence-corrected chi connectivity index (χ0v) is 15.2. The van der Waals surface area contributed by atoms with Crippen LogP contribution in [0.1, 0.15) is 39.3 Å². The quantitative estimate of drug-likeness (QED) is 0.760. The van der Waals surface area contributed by atoms with E-state index in [1.54, 1.807) is 0 Å². The third-order valence-electron chi connectivity index (χ3n) is 2.56. The van der Waals surface area contributed by atoms with Gasteiger partial charge < -0.3 is 10.6 Å². The molecule has 0 bridgehead atoms. The summed E-state index contributed by atoms with van der Waals surface area (Å²) in [5.74, 6) is 0. The lowest BCUT2D eigenvalue weighted by Crippen LogP contribution is -2.42. The van der Waals surface area contributed by atoms with Crippen molar-refractivity contribution < 1.29 is 0 Å². The first kappa shape index (κ1) is 19.9. The monoisotopic (exact) mass is 354 g/mol. The largest absolute Gasteiger partial charge is 0.372 e. The van der Waals surface area contributed by atoms with Crippen LogP contribution < -0.4 is 10.6 Å². The minimum Gasteiger partial charge on any atom is -0.372 e. The minimum atomic E-state index is 0. The molecule has 0 heterocycles. The molecule has 2 N–H and O–H groups in total. The maximum Gasteiger partial charge on any atom is 0.0727 e. The number of hydrogen-bond acceptors (Lipinski definition) is 2. The molecule has 0 aliphatic heterocycles. The Hall–Kier alpha value is -0.0600. The number of nitrogens with one attached hydrogen (secondary N) is 2. The van der Waals surface area contributed by atoms with E-state index in [0.29, 0.717) is 10.0 Å². The Labute approximate surface area is 143 Å². The van der Waals surface area contributed by atoms with Gasteiger partial charge in [-0.15, -0.1) is 12.4 Å². The van der Waals surface area contributed by atoms with Gasteiger partial charge in [-0.25, -0.2) is 0 Å². The number of benzene rings is 1. The molecule has 2 nitrogen and oxygen atoms in total. The average Bonchev–Trinajstić information content (AvgIpc) is 2.26. The first-order chi connectivity index (χ1) is 8.69. The van der Waals surface area contributed by atoms with Crippen molar-refractivity contribution in [1.82, 2.24) is 10.6 Å².